The zero-order valence-electron chi connectivity index (χ0n) is 18.9. The predicted octanol–water partition coefficient (Wildman–Crippen LogP) is 3.91. The number of rotatable bonds is 9. The van der Waals surface area contributed by atoms with Crippen LogP contribution in [-0.2, 0) is 16.8 Å². The Balaban J connectivity index is 1.51. The lowest BCUT2D eigenvalue weighted by Crippen LogP contribution is -2.49. The number of carbonyl (C=O) groups is 1. The standard InChI is InChI=1S/C28H33N3O/c1-30(21-23-11-5-2-6-12-23)19-20-31-18-17-26(22-31)28(27(29)32,24-13-7-3-8-14-24)25-15-9-4-10-16-25/h2-16,26H,17-22H2,1H3,(H2,29,32). The van der Waals surface area contributed by atoms with Crippen LogP contribution in [0.1, 0.15) is 23.1 Å². The smallest absolute Gasteiger partial charge is 0.232 e. The second kappa shape index (κ2) is 10.1. The number of amides is 1. The van der Waals surface area contributed by atoms with Gasteiger partial charge in [0.05, 0.1) is 0 Å². The van der Waals surface area contributed by atoms with E-state index < -0.39 is 5.41 Å². The SMILES string of the molecule is CN(CCN1CCC(C(C(N)=O)(c2ccccc2)c2ccccc2)C1)Cc1ccccc1. The largest absolute Gasteiger partial charge is 0.369 e. The van der Waals surface area contributed by atoms with Crippen molar-refractivity contribution in [1.82, 2.24) is 9.80 Å². The Kier molecular flexibility index (Phi) is 7.03. The summed E-state index contributed by atoms with van der Waals surface area (Å²) in [5.41, 5.74) is 8.70. The van der Waals surface area contributed by atoms with Gasteiger partial charge in [-0.1, -0.05) is 91.0 Å². The number of nitrogens with two attached hydrogens (primary N) is 1. The lowest BCUT2D eigenvalue weighted by atomic mass is 9.64. The first-order valence-electron chi connectivity index (χ1n) is 11.5. The number of primary amides is 1. The van der Waals surface area contributed by atoms with Crippen molar-refractivity contribution >= 4 is 5.91 Å². The number of likely N-dealkylation sites (tertiary alicyclic amines) is 1. The lowest BCUT2D eigenvalue weighted by Gasteiger charge is -2.37. The molecule has 1 unspecified atom stereocenters. The van der Waals surface area contributed by atoms with Crippen LogP contribution in [0.3, 0.4) is 0 Å². The number of hydrogen-bond donors (Lipinski definition) is 1. The fraction of sp³-hybridized carbons (Fsp3) is 0.321. The van der Waals surface area contributed by atoms with Crippen LogP contribution < -0.4 is 5.73 Å². The molecule has 1 aliphatic rings. The first-order valence-corrected chi connectivity index (χ1v) is 11.5. The molecule has 1 atom stereocenters. The van der Waals surface area contributed by atoms with Crippen LogP contribution >= 0.6 is 0 Å². The Morgan fingerprint density at radius 3 is 2.00 bits per heavy atom. The molecule has 1 amide bonds. The highest BCUT2D eigenvalue weighted by Gasteiger charge is 2.49. The third kappa shape index (κ3) is 4.62. The van der Waals surface area contributed by atoms with Crippen LogP contribution in [0.5, 0.6) is 0 Å². The lowest BCUT2D eigenvalue weighted by molar-refractivity contribution is -0.123. The predicted molar refractivity (Wildman–Crippen MR) is 130 cm³/mol. The van der Waals surface area contributed by atoms with E-state index in [9.17, 15) is 4.79 Å². The van der Waals surface area contributed by atoms with E-state index in [1.807, 2.05) is 60.7 Å². The van der Waals surface area contributed by atoms with Gasteiger partial charge in [0.15, 0.2) is 0 Å². The minimum Gasteiger partial charge on any atom is -0.369 e. The van der Waals surface area contributed by atoms with Gasteiger partial charge in [-0.15, -0.1) is 0 Å². The molecule has 1 fully saturated rings. The van der Waals surface area contributed by atoms with E-state index >= 15 is 0 Å². The summed E-state index contributed by atoms with van der Waals surface area (Å²) in [6, 6.07) is 30.8. The molecule has 1 aliphatic heterocycles. The van der Waals surface area contributed by atoms with Crippen molar-refractivity contribution in [3.8, 4) is 0 Å². The van der Waals surface area contributed by atoms with E-state index in [0.717, 1.165) is 50.3 Å². The Labute approximate surface area is 191 Å². The fourth-order valence-electron chi connectivity index (χ4n) is 5.20. The van der Waals surface area contributed by atoms with Crippen LogP contribution in [0.4, 0.5) is 0 Å². The van der Waals surface area contributed by atoms with Crippen LogP contribution in [-0.4, -0.2) is 48.9 Å². The molecule has 3 aromatic carbocycles. The molecule has 3 aromatic rings. The molecule has 4 nitrogen and oxygen atoms in total. The maximum absolute atomic E-state index is 13.2. The van der Waals surface area contributed by atoms with Crippen LogP contribution in [0, 0.1) is 5.92 Å². The normalized spacial score (nSPS) is 17.0. The fourth-order valence-corrected chi connectivity index (χ4v) is 5.20. The average Bonchev–Trinajstić information content (AvgIpc) is 3.29. The number of hydrogen-bond acceptors (Lipinski definition) is 3. The maximum atomic E-state index is 13.2. The van der Waals surface area contributed by atoms with Gasteiger partial charge in [-0.3, -0.25) is 4.79 Å². The first kappa shape index (κ1) is 22.3. The van der Waals surface area contributed by atoms with E-state index in [1.54, 1.807) is 0 Å². The first-order chi connectivity index (χ1) is 15.6. The van der Waals surface area contributed by atoms with Gasteiger partial charge in [0.2, 0.25) is 5.91 Å². The van der Waals surface area contributed by atoms with Gasteiger partial charge >= 0.3 is 0 Å². The summed E-state index contributed by atoms with van der Waals surface area (Å²) in [4.78, 5) is 18.0. The molecule has 0 spiro atoms. The molecule has 2 N–H and O–H groups in total. The van der Waals surface area contributed by atoms with E-state index in [-0.39, 0.29) is 11.8 Å². The molecule has 1 heterocycles. The van der Waals surface area contributed by atoms with Crippen molar-refractivity contribution in [2.45, 2.75) is 18.4 Å². The molecule has 0 bridgehead atoms. The Hall–Kier alpha value is -2.95. The van der Waals surface area contributed by atoms with Crippen LogP contribution in [0.15, 0.2) is 91.0 Å². The molecule has 0 radical (unpaired) electrons. The molecule has 0 aliphatic carbocycles. The summed E-state index contributed by atoms with van der Waals surface area (Å²) in [6.07, 6.45) is 0.954. The molecular formula is C28H33N3O. The average molecular weight is 428 g/mol. The van der Waals surface area contributed by atoms with Gasteiger partial charge in [-0.2, -0.15) is 0 Å². The van der Waals surface area contributed by atoms with Crippen LogP contribution in [0.2, 0.25) is 0 Å². The highest BCUT2D eigenvalue weighted by atomic mass is 16.1. The Morgan fingerprint density at radius 2 is 1.47 bits per heavy atom. The number of nitrogens with zero attached hydrogens (tertiary/aromatic N) is 2. The molecule has 166 valence electrons. The highest BCUT2D eigenvalue weighted by Crippen LogP contribution is 2.43. The minimum atomic E-state index is -0.812. The van der Waals surface area contributed by atoms with Crippen LogP contribution in [0.25, 0.3) is 0 Å². The molecule has 0 aromatic heterocycles. The second-order valence-electron chi connectivity index (χ2n) is 8.91. The highest BCUT2D eigenvalue weighted by molar-refractivity contribution is 5.91. The summed E-state index contributed by atoms with van der Waals surface area (Å²) in [7, 11) is 2.17. The summed E-state index contributed by atoms with van der Waals surface area (Å²) in [5, 5.41) is 0. The van der Waals surface area contributed by atoms with Gasteiger partial charge in [0.25, 0.3) is 0 Å². The van der Waals surface area contributed by atoms with Crippen molar-refractivity contribution in [2.75, 3.05) is 33.2 Å². The summed E-state index contributed by atoms with van der Waals surface area (Å²) in [5.74, 6) is -0.118. The van der Waals surface area contributed by atoms with E-state index in [4.69, 9.17) is 5.73 Å². The van der Waals surface area contributed by atoms with Crippen molar-refractivity contribution in [1.29, 1.82) is 0 Å². The van der Waals surface area contributed by atoms with Gasteiger partial charge in [-0.25, -0.2) is 0 Å². The number of benzene rings is 3. The number of carbonyl (C=O) groups excluding carboxylic acids is 1. The minimum absolute atomic E-state index is 0.143. The summed E-state index contributed by atoms with van der Waals surface area (Å²) < 4.78 is 0. The van der Waals surface area contributed by atoms with Crippen molar-refractivity contribution in [3.05, 3.63) is 108 Å². The third-order valence-electron chi connectivity index (χ3n) is 6.82. The Bertz CT molecular complexity index is 951. The summed E-state index contributed by atoms with van der Waals surface area (Å²) >= 11 is 0. The summed E-state index contributed by atoms with van der Waals surface area (Å²) in [6.45, 7) is 4.77. The van der Waals surface area contributed by atoms with Gasteiger partial charge in [0.1, 0.15) is 5.41 Å². The van der Waals surface area contributed by atoms with E-state index in [2.05, 4.69) is 47.2 Å². The monoisotopic (exact) mass is 427 g/mol. The zero-order chi connectivity index (χ0) is 22.4. The van der Waals surface area contributed by atoms with E-state index in [1.165, 1.54) is 5.56 Å². The quantitative estimate of drug-likeness (QED) is 0.563. The van der Waals surface area contributed by atoms with Crippen molar-refractivity contribution in [3.63, 3.8) is 0 Å². The third-order valence-corrected chi connectivity index (χ3v) is 6.82. The van der Waals surface area contributed by atoms with Crippen molar-refractivity contribution in [2.24, 2.45) is 11.7 Å². The molecule has 0 saturated carbocycles. The van der Waals surface area contributed by atoms with Gasteiger partial charge < -0.3 is 15.5 Å². The molecule has 4 rings (SSSR count). The van der Waals surface area contributed by atoms with Gasteiger partial charge in [0, 0.05) is 26.2 Å². The van der Waals surface area contributed by atoms with E-state index in [0.29, 0.717) is 0 Å². The topological polar surface area (TPSA) is 49.6 Å². The zero-order valence-corrected chi connectivity index (χ0v) is 18.9. The second-order valence-corrected chi connectivity index (χ2v) is 8.91. The molecular weight excluding hydrogens is 394 g/mol. The molecule has 4 heteroatoms. The van der Waals surface area contributed by atoms with Crippen molar-refractivity contribution < 1.29 is 4.79 Å². The maximum Gasteiger partial charge on any atom is 0.232 e. The number of likely N-dealkylation sites (N-methyl/N-ethyl adjacent to an activating group) is 1. The Morgan fingerprint density at radius 1 is 0.938 bits per heavy atom. The molecule has 32 heavy (non-hydrogen) atoms. The van der Waals surface area contributed by atoms with Gasteiger partial charge in [-0.05, 0) is 42.6 Å². The molecule has 1 saturated heterocycles.